The topological polar surface area (TPSA) is 90.7 Å². The number of fused-ring (bicyclic) bond motifs is 1. The Bertz CT molecular complexity index is 755. The van der Waals surface area contributed by atoms with Crippen LogP contribution in [0.15, 0.2) is 34.5 Å². The standard InChI is InChI=1S/C13H14N2O4S2/c14-6-12-13(3-4-20-12)21(16,17)15-7-9-1-2-10-11(5-9)19-8-18-10/h1-5,15H,6-8,14H2. The summed E-state index contributed by atoms with van der Waals surface area (Å²) in [4.78, 5) is 0.893. The predicted molar refractivity (Wildman–Crippen MR) is 78.8 cm³/mol. The van der Waals surface area contributed by atoms with Crippen molar-refractivity contribution in [3.8, 4) is 11.5 Å². The van der Waals surface area contributed by atoms with E-state index in [1.807, 2.05) is 0 Å². The Morgan fingerprint density at radius 2 is 2.05 bits per heavy atom. The maximum Gasteiger partial charge on any atom is 0.242 e. The molecule has 3 N–H and O–H groups in total. The highest BCUT2D eigenvalue weighted by molar-refractivity contribution is 7.89. The van der Waals surface area contributed by atoms with Crippen molar-refractivity contribution in [1.29, 1.82) is 0 Å². The van der Waals surface area contributed by atoms with E-state index in [9.17, 15) is 8.42 Å². The van der Waals surface area contributed by atoms with Gasteiger partial charge in [-0.05, 0) is 29.1 Å². The molecule has 0 saturated heterocycles. The normalized spacial score (nSPS) is 13.6. The van der Waals surface area contributed by atoms with Crippen molar-refractivity contribution in [3.05, 3.63) is 40.1 Å². The third-order valence-corrected chi connectivity index (χ3v) is 5.64. The molecule has 0 unspecified atom stereocenters. The zero-order valence-corrected chi connectivity index (χ0v) is 12.7. The van der Waals surface area contributed by atoms with Gasteiger partial charge in [0.05, 0.1) is 4.90 Å². The van der Waals surface area contributed by atoms with Gasteiger partial charge in [-0.3, -0.25) is 0 Å². The Labute approximate surface area is 126 Å². The molecule has 1 aliphatic rings. The number of hydrogen-bond donors (Lipinski definition) is 2. The van der Waals surface area contributed by atoms with Gasteiger partial charge < -0.3 is 15.2 Å². The first kappa shape index (κ1) is 14.3. The third-order valence-electron chi connectivity index (χ3n) is 3.08. The average Bonchev–Trinajstić information content (AvgIpc) is 3.13. The summed E-state index contributed by atoms with van der Waals surface area (Å²) in [6.07, 6.45) is 0. The molecule has 3 rings (SSSR count). The molecule has 6 nitrogen and oxygen atoms in total. The number of hydrogen-bond acceptors (Lipinski definition) is 6. The first-order chi connectivity index (χ1) is 10.1. The molecule has 2 aromatic rings. The first-order valence-corrected chi connectivity index (χ1v) is 8.61. The Morgan fingerprint density at radius 1 is 1.24 bits per heavy atom. The van der Waals surface area contributed by atoms with E-state index < -0.39 is 10.0 Å². The van der Waals surface area contributed by atoms with Crippen LogP contribution >= 0.6 is 11.3 Å². The Morgan fingerprint density at radius 3 is 2.86 bits per heavy atom. The van der Waals surface area contributed by atoms with E-state index in [0.29, 0.717) is 16.4 Å². The summed E-state index contributed by atoms with van der Waals surface area (Å²) in [6.45, 7) is 0.579. The Kier molecular flexibility index (Phi) is 3.85. The maximum atomic E-state index is 12.3. The minimum Gasteiger partial charge on any atom is -0.454 e. The van der Waals surface area contributed by atoms with Gasteiger partial charge in [0.1, 0.15) is 0 Å². The van der Waals surface area contributed by atoms with Crippen molar-refractivity contribution < 1.29 is 17.9 Å². The van der Waals surface area contributed by atoms with Crippen molar-refractivity contribution in [2.45, 2.75) is 18.0 Å². The maximum absolute atomic E-state index is 12.3. The van der Waals surface area contributed by atoms with Crippen LogP contribution in [-0.2, 0) is 23.1 Å². The van der Waals surface area contributed by atoms with Gasteiger partial charge in [0, 0.05) is 18.0 Å². The van der Waals surface area contributed by atoms with E-state index in [0.717, 1.165) is 5.56 Å². The van der Waals surface area contributed by atoms with Gasteiger partial charge in [-0.15, -0.1) is 11.3 Å². The molecule has 21 heavy (non-hydrogen) atoms. The van der Waals surface area contributed by atoms with Gasteiger partial charge in [0.15, 0.2) is 11.5 Å². The van der Waals surface area contributed by atoms with Crippen LogP contribution < -0.4 is 19.9 Å². The zero-order valence-electron chi connectivity index (χ0n) is 11.0. The van der Waals surface area contributed by atoms with Crippen molar-refractivity contribution in [3.63, 3.8) is 0 Å². The fraction of sp³-hybridized carbons (Fsp3) is 0.231. The second-order valence-corrected chi connectivity index (χ2v) is 7.16. The number of benzene rings is 1. The number of thiophene rings is 1. The highest BCUT2D eigenvalue weighted by atomic mass is 32.2. The summed E-state index contributed by atoms with van der Waals surface area (Å²) < 4.78 is 37.6. The quantitative estimate of drug-likeness (QED) is 0.867. The van der Waals surface area contributed by atoms with Crippen molar-refractivity contribution in [2.24, 2.45) is 5.73 Å². The van der Waals surface area contributed by atoms with Crippen LogP contribution in [0, 0.1) is 0 Å². The van der Waals surface area contributed by atoms with Gasteiger partial charge in [-0.2, -0.15) is 0 Å². The van der Waals surface area contributed by atoms with Crippen LogP contribution in [0.3, 0.4) is 0 Å². The highest BCUT2D eigenvalue weighted by Crippen LogP contribution is 2.32. The molecule has 112 valence electrons. The summed E-state index contributed by atoms with van der Waals surface area (Å²) in [7, 11) is -3.56. The van der Waals surface area contributed by atoms with Crippen LogP contribution in [0.1, 0.15) is 10.4 Å². The first-order valence-electron chi connectivity index (χ1n) is 6.25. The smallest absolute Gasteiger partial charge is 0.242 e. The zero-order chi connectivity index (χ0) is 14.9. The van der Waals surface area contributed by atoms with E-state index in [2.05, 4.69) is 4.72 Å². The molecule has 0 saturated carbocycles. The summed E-state index contributed by atoms with van der Waals surface area (Å²) in [5, 5.41) is 1.72. The second kappa shape index (κ2) is 5.64. The van der Waals surface area contributed by atoms with Crippen LogP contribution in [0.4, 0.5) is 0 Å². The van der Waals surface area contributed by atoms with Crippen LogP contribution in [-0.4, -0.2) is 15.2 Å². The molecule has 0 aliphatic carbocycles. The molecule has 0 fully saturated rings. The average molecular weight is 326 g/mol. The van der Waals surface area contributed by atoms with Crippen LogP contribution in [0.25, 0.3) is 0 Å². The highest BCUT2D eigenvalue weighted by Gasteiger charge is 2.19. The molecular weight excluding hydrogens is 312 g/mol. The second-order valence-electron chi connectivity index (χ2n) is 4.42. The van der Waals surface area contributed by atoms with Crippen molar-refractivity contribution in [1.82, 2.24) is 4.72 Å². The molecule has 0 bridgehead atoms. The van der Waals surface area contributed by atoms with E-state index in [4.69, 9.17) is 15.2 Å². The molecule has 0 atom stereocenters. The summed E-state index contributed by atoms with van der Waals surface area (Å²) in [5.74, 6) is 1.30. The molecule has 0 spiro atoms. The molecule has 0 radical (unpaired) electrons. The number of ether oxygens (including phenoxy) is 2. The molecule has 1 aliphatic heterocycles. The number of sulfonamides is 1. The molecule has 2 heterocycles. The number of nitrogens with one attached hydrogen (secondary N) is 1. The van der Waals surface area contributed by atoms with Crippen molar-refractivity contribution in [2.75, 3.05) is 6.79 Å². The molecular formula is C13H14N2O4S2. The predicted octanol–water partition coefficient (Wildman–Crippen LogP) is 1.41. The lowest BCUT2D eigenvalue weighted by Crippen LogP contribution is -2.24. The van der Waals surface area contributed by atoms with Gasteiger partial charge >= 0.3 is 0 Å². The Hall–Kier alpha value is -1.61. The lowest BCUT2D eigenvalue weighted by Gasteiger charge is -2.07. The van der Waals surface area contributed by atoms with Crippen LogP contribution in [0.5, 0.6) is 11.5 Å². The monoisotopic (exact) mass is 326 g/mol. The van der Waals surface area contributed by atoms with Gasteiger partial charge in [-0.1, -0.05) is 6.07 Å². The molecule has 1 aromatic carbocycles. The van der Waals surface area contributed by atoms with Gasteiger partial charge in [-0.25, -0.2) is 13.1 Å². The largest absolute Gasteiger partial charge is 0.454 e. The molecule has 8 heteroatoms. The Balaban J connectivity index is 1.75. The van der Waals surface area contributed by atoms with Gasteiger partial charge in [0.2, 0.25) is 16.8 Å². The van der Waals surface area contributed by atoms with E-state index in [1.54, 1.807) is 29.6 Å². The van der Waals surface area contributed by atoms with E-state index >= 15 is 0 Å². The van der Waals surface area contributed by atoms with Gasteiger partial charge in [0.25, 0.3) is 0 Å². The van der Waals surface area contributed by atoms with Crippen LogP contribution in [0.2, 0.25) is 0 Å². The summed E-state index contributed by atoms with van der Waals surface area (Å²) in [5.41, 5.74) is 6.35. The summed E-state index contributed by atoms with van der Waals surface area (Å²) >= 11 is 1.33. The van der Waals surface area contributed by atoms with Crippen molar-refractivity contribution >= 4 is 21.4 Å². The number of rotatable bonds is 5. The van der Waals surface area contributed by atoms with E-state index in [-0.39, 0.29) is 24.8 Å². The molecule has 0 amide bonds. The lowest BCUT2D eigenvalue weighted by atomic mass is 10.2. The fourth-order valence-corrected chi connectivity index (χ4v) is 4.37. The molecule has 1 aromatic heterocycles. The minimum atomic E-state index is -3.56. The third kappa shape index (κ3) is 2.88. The SMILES string of the molecule is NCc1sccc1S(=O)(=O)NCc1ccc2c(c1)OCO2. The minimum absolute atomic E-state index is 0.179. The summed E-state index contributed by atoms with van der Waals surface area (Å²) in [6, 6.07) is 6.90. The van der Waals surface area contributed by atoms with E-state index in [1.165, 1.54) is 11.3 Å². The lowest BCUT2D eigenvalue weighted by molar-refractivity contribution is 0.174. The number of nitrogens with two attached hydrogens (primary N) is 1. The fourth-order valence-electron chi connectivity index (χ4n) is 2.02.